The highest BCUT2D eigenvalue weighted by Gasteiger charge is 2.32. The molecule has 0 aromatic heterocycles. The van der Waals surface area contributed by atoms with Gasteiger partial charge >= 0.3 is 0 Å². The number of carbonyl (C=O) groups excluding carboxylic acids is 1. The van der Waals surface area contributed by atoms with Gasteiger partial charge in [0.25, 0.3) is 0 Å². The summed E-state index contributed by atoms with van der Waals surface area (Å²) in [5.74, 6) is -1.17. The Morgan fingerprint density at radius 1 is 1.14 bits per heavy atom. The highest BCUT2D eigenvalue weighted by atomic mass is 32.2. The lowest BCUT2D eigenvalue weighted by atomic mass is 10.1. The van der Waals surface area contributed by atoms with E-state index in [4.69, 9.17) is 18.9 Å². The Balaban J connectivity index is 0.00000392. The zero-order valence-corrected chi connectivity index (χ0v) is 16.2. The van der Waals surface area contributed by atoms with Gasteiger partial charge in [0.1, 0.15) is 17.9 Å². The smallest absolute Gasteiger partial charge is 0.112 e. The second-order valence-electron chi connectivity index (χ2n) is 5.97. The van der Waals surface area contributed by atoms with Crippen LogP contribution in [0.25, 0.3) is 0 Å². The number of hydrogen-bond donors (Lipinski definition) is 0. The molecule has 0 radical (unpaired) electrons. The van der Waals surface area contributed by atoms with E-state index in [0.29, 0.717) is 43.6 Å². The molecule has 9 heteroatoms. The maximum atomic E-state index is 12.5. The van der Waals surface area contributed by atoms with Crippen LogP contribution in [-0.2, 0) is 19.0 Å². The SMILES string of the molecule is C.C.COCCOCCOCCOc1cccc(C2=N[C@@](C)(C(=O)[O-])CS2)c1[O-]. The molecule has 0 saturated heterocycles. The molecule has 0 aliphatic carbocycles. The van der Waals surface area contributed by atoms with Crippen molar-refractivity contribution in [2.24, 2.45) is 4.99 Å². The van der Waals surface area contributed by atoms with Crippen LogP contribution in [0.1, 0.15) is 27.3 Å². The topological polar surface area (TPSA) is 112 Å². The molecule has 1 heterocycles. The van der Waals surface area contributed by atoms with Crippen molar-refractivity contribution in [2.45, 2.75) is 27.3 Å². The van der Waals surface area contributed by atoms with Gasteiger partial charge in [0.05, 0.1) is 44.0 Å². The van der Waals surface area contributed by atoms with E-state index in [-0.39, 0.29) is 38.7 Å². The molecule has 166 valence electrons. The first-order valence-corrected chi connectivity index (χ1v) is 9.48. The maximum Gasteiger partial charge on any atom is 0.112 e. The van der Waals surface area contributed by atoms with Gasteiger partial charge in [-0.05, 0) is 13.0 Å². The predicted octanol–water partition coefficient (Wildman–Crippen LogP) is 1.09. The molecule has 0 fully saturated rings. The summed E-state index contributed by atoms with van der Waals surface area (Å²) in [5, 5.41) is 24.1. The van der Waals surface area contributed by atoms with E-state index in [9.17, 15) is 15.0 Å². The summed E-state index contributed by atoms with van der Waals surface area (Å²) in [6.07, 6.45) is 0. The van der Waals surface area contributed by atoms with Crippen molar-refractivity contribution in [3.05, 3.63) is 23.8 Å². The molecule has 1 aliphatic rings. The van der Waals surface area contributed by atoms with Crippen LogP contribution in [0.4, 0.5) is 0 Å². The first-order chi connectivity index (χ1) is 13.0. The molecule has 0 amide bonds. The molecule has 8 nitrogen and oxygen atoms in total. The molecule has 1 atom stereocenters. The average Bonchev–Trinajstić information content (AvgIpc) is 3.05. The minimum atomic E-state index is -1.32. The standard InChI is InChI=1S/C18H25NO7S.2CH4/c1-18(17(21)22)12-27-16(19-18)13-4-3-5-14(15(13)20)26-11-10-25-9-8-24-7-6-23-2;;/h3-5,20H,6-12H2,1-2H3,(H,21,22);2*1H4/p-2/t18-;;/m1../s1. The normalized spacial score (nSPS) is 17.8. The minimum absolute atomic E-state index is 0. The van der Waals surface area contributed by atoms with E-state index in [2.05, 4.69) is 4.99 Å². The Morgan fingerprint density at radius 2 is 1.76 bits per heavy atom. The Morgan fingerprint density at radius 3 is 2.34 bits per heavy atom. The fraction of sp³-hybridized carbons (Fsp3) is 0.600. The Hall–Kier alpha value is -1.81. The van der Waals surface area contributed by atoms with Crippen LogP contribution in [0.5, 0.6) is 11.5 Å². The number of hydrogen-bond acceptors (Lipinski definition) is 9. The van der Waals surface area contributed by atoms with Gasteiger partial charge in [0.15, 0.2) is 0 Å². The molecule has 0 unspecified atom stereocenters. The third-order valence-electron chi connectivity index (χ3n) is 3.78. The van der Waals surface area contributed by atoms with E-state index in [1.54, 1.807) is 25.3 Å². The van der Waals surface area contributed by atoms with Crippen LogP contribution in [0.3, 0.4) is 0 Å². The molecule has 0 saturated carbocycles. The van der Waals surface area contributed by atoms with E-state index in [1.807, 2.05) is 0 Å². The number of aliphatic imine (C=N–C) groups is 1. The van der Waals surface area contributed by atoms with E-state index >= 15 is 0 Å². The van der Waals surface area contributed by atoms with Crippen molar-refractivity contribution in [1.82, 2.24) is 0 Å². The summed E-state index contributed by atoms with van der Waals surface area (Å²) in [7, 11) is 1.61. The van der Waals surface area contributed by atoms with E-state index in [0.717, 1.165) is 0 Å². The number of carboxylic acid groups (broad SMARTS) is 1. The molecule has 0 spiro atoms. The van der Waals surface area contributed by atoms with Gasteiger partial charge in [-0.2, -0.15) is 0 Å². The summed E-state index contributed by atoms with van der Waals surface area (Å²) >= 11 is 1.22. The van der Waals surface area contributed by atoms with Gasteiger partial charge < -0.3 is 34.0 Å². The van der Waals surface area contributed by atoms with Crippen LogP contribution in [0.15, 0.2) is 23.2 Å². The summed E-state index contributed by atoms with van der Waals surface area (Å²) in [4.78, 5) is 15.3. The van der Waals surface area contributed by atoms with E-state index in [1.165, 1.54) is 18.7 Å². The molecule has 2 rings (SSSR count). The summed E-state index contributed by atoms with van der Waals surface area (Å²) in [6, 6.07) is 4.85. The second kappa shape index (κ2) is 13.4. The fourth-order valence-electron chi connectivity index (χ4n) is 2.21. The van der Waals surface area contributed by atoms with Crippen molar-refractivity contribution in [3.8, 4) is 11.5 Å². The van der Waals surface area contributed by atoms with Crippen LogP contribution >= 0.6 is 11.8 Å². The molecule has 29 heavy (non-hydrogen) atoms. The molecule has 1 aromatic carbocycles. The van der Waals surface area contributed by atoms with E-state index < -0.39 is 11.5 Å². The van der Waals surface area contributed by atoms with Crippen LogP contribution < -0.4 is 14.9 Å². The summed E-state index contributed by atoms with van der Waals surface area (Å²) in [6.45, 7) is 3.94. The van der Waals surface area contributed by atoms with Gasteiger partial charge in [-0.1, -0.05) is 32.7 Å². The number of nitrogens with zero attached hydrogens (tertiary/aromatic N) is 1. The lowest BCUT2D eigenvalue weighted by Gasteiger charge is -2.20. The first kappa shape index (κ1) is 27.2. The van der Waals surface area contributed by atoms with Gasteiger partial charge in [-0.25, -0.2) is 0 Å². The highest BCUT2D eigenvalue weighted by Crippen LogP contribution is 2.36. The zero-order chi connectivity index (χ0) is 19.7. The monoisotopic (exact) mass is 429 g/mol. The third kappa shape index (κ3) is 7.85. The van der Waals surface area contributed by atoms with Crippen molar-refractivity contribution >= 4 is 22.8 Å². The van der Waals surface area contributed by atoms with Crippen LogP contribution in [0.2, 0.25) is 0 Å². The lowest BCUT2D eigenvalue weighted by Crippen LogP contribution is -2.45. The molecule has 0 N–H and O–H groups in total. The maximum absolute atomic E-state index is 12.5. The zero-order valence-electron chi connectivity index (χ0n) is 15.4. The van der Waals surface area contributed by atoms with Gasteiger partial charge in [0.2, 0.25) is 0 Å². The highest BCUT2D eigenvalue weighted by molar-refractivity contribution is 8.14. The molecular formula is C20H31NO7S-2. The molecular weight excluding hydrogens is 398 g/mol. The largest absolute Gasteiger partial charge is 0.869 e. The quantitative estimate of drug-likeness (QED) is 0.454. The minimum Gasteiger partial charge on any atom is -0.869 e. The first-order valence-electron chi connectivity index (χ1n) is 8.49. The number of benzene rings is 1. The third-order valence-corrected chi connectivity index (χ3v) is 5.07. The number of thioether (sulfide) groups is 1. The lowest BCUT2D eigenvalue weighted by molar-refractivity contribution is -0.311. The van der Waals surface area contributed by atoms with Gasteiger partial charge in [0, 0.05) is 18.4 Å². The summed E-state index contributed by atoms with van der Waals surface area (Å²) < 4.78 is 21.0. The number of methoxy groups -OCH3 is 1. The molecule has 0 bridgehead atoms. The number of para-hydroxylation sites is 1. The van der Waals surface area contributed by atoms with Crippen molar-refractivity contribution < 1.29 is 34.0 Å². The Labute approximate surface area is 177 Å². The van der Waals surface area contributed by atoms with Crippen molar-refractivity contribution in [3.63, 3.8) is 0 Å². The number of carbonyl (C=O) groups is 1. The fourth-order valence-corrected chi connectivity index (χ4v) is 3.40. The number of ether oxygens (including phenoxy) is 4. The Kier molecular flexibility index (Phi) is 12.6. The van der Waals surface area contributed by atoms with Crippen molar-refractivity contribution in [2.75, 3.05) is 52.5 Å². The van der Waals surface area contributed by atoms with Crippen LogP contribution in [-0.4, -0.2) is 69.1 Å². The average molecular weight is 430 g/mol. The van der Waals surface area contributed by atoms with Gasteiger partial charge in [-0.3, -0.25) is 4.99 Å². The molecule has 1 aliphatic heterocycles. The van der Waals surface area contributed by atoms with Gasteiger partial charge in [-0.15, -0.1) is 11.8 Å². The summed E-state index contributed by atoms with van der Waals surface area (Å²) in [5.41, 5.74) is -0.988. The van der Waals surface area contributed by atoms with Crippen LogP contribution in [0, 0.1) is 0 Å². The van der Waals surface area contributed by atoms with Crippen molar-refractivity contribution in [1.29, 1.82) is 0 Å². The Bertz CT molecular complexity index is 668. The number of rotatable bonds is 12. The molecule has 1 aromatic rings. The number of aliphatic carboxylic acids is 1. The number of carboxylic acids is 1. The predicted molar refractivity (Wildman–Crippen MR) is 111 cm³/mol. The second-order valence-corrected chi connectivity index (χ2v) is 6.93.